The molecule has 0 saturated heterocycles. The average molecular weight is 516 g/mol. The van der Waals surface area contributed by atoms with Gasteiger partial charge in [-0.1, -0.05) is 28.1 Å². The Hall–Kier alpha value is -3.05. The van der Waals surface area contributed by atoms with Gasteiger partial charge >= 0.3 is 12.1 Å². The Morgan fingerprint density at radius 2 is 1.61 bits per heavy atom. The van der Waals surface area contributed by atoms with Gasteiger partial charge in [0.25, 0.3) is 10.0 Å². The van der Waals surface area contributed by atoms with Gasteiger partial charge in [-0.05, 0) is 54.6 Å². The number of sulfonamides is 1. The zero-order chi connectivity index (χ0) is 22.8. The van der Waals surface area contributed by atoms with Gasteiger partial charge < -0.3 is 9.84 Å². The van der Waals surface area contributed by atoms with Gasteiger partial charge in [0.1, 0.15) is 11.3 Å². The fourth-order valence-electron chi connectivity index (χ4n) is 2.54. The Balaban J connectivity index is 2.07. The van der Waals surface area contributed by atoms with Crippen LogP contribution in [0, 0.1) is 0 Å². The molecule has 0 atom stereocenters. The maximum atomic E-state index is 13.2. The first-order chi connectivity index (χ1) is 14.5. The number of para-hydroxylation sites is 1. The molecule has 0 bridgehead atoms. The molecule has 0 aliphatic carbocycles. The Kier molecular flexibility index (Phi) is 6.27. The van der Waals surface area contributed by atoms with Crippen LogP contribution in [0.25, 0.3) is 0 Å². The lowest BCUT2D eigenvalue weighted by Gasteiger charge is -2.17. The third-order valence-corrected chi connectivity index (χ3v) is 5.92. The standard InChI is InChI=1S/C20H13BrF3NO5S/c21-13-6-8-14(9-7-13)31(28,29)25-16-11-12(20(22,23)24)5-10-18(16)30-17-4-2-1-3-15(17)19(26)27/h1-11,25H,(H,26,27). The number of carboxylic acids is 1. The molecule has 11 heteroatoms. The Morgan fingerprint density at radius 1 is 0.968 bits per heavy atom. The number of hydrogen-bond acceptors (Lipinski definition) is 4. The van der Waals surface area contributed by atoms with Gasteiger partial charge in [0.15, 0.2) is 5.75 Å². The molecule has 162 valence electrons. The van der Waals surface area contributed by atoms with E-state index in [-0.39, 0.29) is 22.0 Å². The summed E-state index contributed by atoms with van der Waals surface area (Å²) in [6.07, 6.45) is -4.74. The molecule has 0 fully saturated rings. The zero-order valence-corrected chi connectivity index (χ0v) is 17.8. The Labute approximate surface area is 183 Å². The first kappa shape index (κ1) is 22.6. The predicted molar refractivity (Wildman–Crippen MR) is 110 cm³/mol. The van der Waals surface area contributed by atoms with Crippen molar-refractivity contribution in [1.29, 1.82) is 0 Å². The minimum Gasteiger partial charge on any atom is -0.478 e. The summed E-state index contributed by atoms with van der Waals surface area (Å²) in [6, 6.07) is 13.1. The van der Waals surface area contributed by atoms with E-state index < -0.39 is 33.4 Å². The Bertz CT molecular complexity index is 1230. The predicted octanol–water partition coefficient (Wildman–Crippen LogP) is 5.76. The largest absolute Gasteiger partial charge is 0.478 e. The normalized spacial score (nSPS) is 11.7. The molecule has 0 aromatic heterocycles. The number of nitrogens with one attached hydrogen (secondary N) is 1. The summed E-state index contributed by atoms with van der Waals surface area (Å²) >= 11 is 3.17. The van der Waals surface area contributed by atoms with Gasteiger partial charge in [-0.15, -0.1) is 0 Å². The minimum atomic E-state index is -4.74. The number of ether oxygens (including phenoxy) is 1. The molecule has 2 N–H and O–H groups in total. The third kappa shape index (κ3) is 5.36. The summed E-state index contributed by atoms with van der Waals surface area (Å²) in [5.41, 5.74) is -1.86. The van der Waals surface area contributed by atoms with E-state index in [9.17, 15) is 31.5 Å². The molecule has 0 radical (unpaired) electrons. The van der Waals surface area contributed by atoms with E-state index in [4.69, 9.17) is 4.74 Å². The van der Waals surface area contributed by atoms with Crippen LogP contribution in [-0.2, 0) is 16.2 Å². The van der Waals surface area contributed by atoms with Gasteiger partial charge in [0.05, 0.1) is 16.1 Å². The average Bonchev–Trinajstić information content (AvgIpc) is 2.69. The number of hydrogen-bond donors (Lipinski definition) is 2. The van der Waals surface area contributed by atoms with Crippen LogP contribution in [0.3, 0.4) is 0 Å². The van der Waals surface area contributed by atoms with Crippen molar-refractivity contribution < 1.29 is 36.2 Å². The molecular formula is C20H13BrF3NO5S. The van der Waals surface area contributed by atoms with E-state index in [1.54, 1.807) is 0 Å². The van der Waals surface area contributed by atoms with Crippen molar-refractivity contribution in [3.63, 3.8) is 0 Å². The van der Waals surface area contributed by atoms with Crippen LogP contribution in [0.5, 0.6) is 11.5 Å². The van der Waals surface area contributed by atoms with Crippen molar-refractivity contribution in [2.24, 2.45) is 0 Å². The maximum absolute atomic E-state index is 13.2. The van der Waals surface area contributed by atoms with Crippen molar-refractivity contribution in [2.75, 3.05) is 4.72 Å². The second-order valence-electron chi connectivity index (χ2n) is 6.17. The number of benzene rings is 3. The number of halogens is 4. The van der Waals surface area contributed by atoms with Gasteiger partial charge in [-0.25, -0.2) is 13.2 Å². The lowest BCUT2D eigenvalue weighted by molar-refractivity contribution is -0.137. The molecule has 0 unspecified atom stereocenters. The maximum Gasteiger partial charge on any atom is 0.416 e. The highest BCUT2D eigenvalue weighted by Crippen LogP contribution is 2.38. The number of anilines is 1. The second-order valence-corrected chi connectivity index (χ2v) is 8.77. The van der Waals surface area contributed by atoms with Crippen molar-refractivity contribution >= 4 is 37.6 Å². The number of carbonyl (C=O) groups is 1. The van der Waals surface area contributed by atoms with Crippen molar-refractivity contribution in [3.8, 4) is 11.5 Å². The highest BCUT2D eigenvalue weighted by atomic mass is 79.9. The summed E-state index contributed by atoms with van der Waals surface area (Å²) in [5.74, 6) is -1.79. The zero-order valence-electron chi connectivity index (χ0n) is 15.4. The fourth-order valence-corrected chi connectivity index (χ4v) is 3.87. The van der Waals surface area contributed by atoms with E-state index >= 15 is 0 Å². The summed E-state index contributed by atoms with van der Waals surface area (Å²) in [6.45, 7) is 0. The highest BCUT2D eigenvalue weighted by molar-refractivity contribution is 9.10. The van der Waals surface area contributed by atoms with Crippen LogP contribution in [0.15, 0.2) is 76.1 Å². The van der Waals surface area contributed by atoms with Crippen LogP contribution >= 0.6 is 15.9 Å². The van der Waals surface area contributed by atoms with Crippen molar-refractivity contribution in [1.82, 2.24) is 0 Å². The molecule has 0 aliphatic heterocycles. The van der Waals surface area contributed by atoms with E-state index in [1.807, 2.05) is 0 Å². The molecule has 31 heavy (non-hydrogen) atoms. The smallest absolute Gasteiger partial charge is 0.416 e. The third-order valence-electron chi connectivity index (χ3n) is 4.01. The Morgan fingerprint density at radius 3 is 2.23 bits per heavy atom. The summed E-state index contributed by atoms with van der Waals surface area (Å²) < 4.78 is 73.2. The molecule has 0 heterocycles. The van der Waals surface area contributed by atoms with Gasteiger partial charge in [0, 0.05) is 4.47 Å². The molecule has 0 amide bonds. The lowest BCUT2D eigenvalue weighted by atomic mass is 10.1. The molecular weight excluding hydrogens is 503 g/mol. The van der Waals surface area contributed by atoms with Gasteiger partial charge in [0.2, 0.25) is 0 Å². The van der Waals surface area contributed by atoms with Crippen LogP contribution in [0.2, 0.25) is 0 Å². The number of rotatable bonds is 6. The molecule has 0 aliphatic rings. The summed E-state index contributed by atoms with van der Waals surface area (Å²) in [7, 11) is -4.27. The fraction of sp³-hybridized carbons (Fsp3) is 0.0500. The summed E-state index contributed by atoms with van der Waals surface area (Å²) in [5, 5.41) is 9.28. The number of carboxylic acid groups (broad SMARTS) is 1. The van der Waals surface area contributed by atoms with Crippen LogP contribution in [-0.4, -0.2) is 19.5 Å². The van der Waals surface area contributed by atoms with E-state index in [0.29, 0.717) is 16.6 Å². The molecule has 3 rings (SSSR count). The first-order valence-corrected chi connectivity index (χ1v) is 10.7. The number of aromatic carboxylic acids is 1. The van der Waals surface area contributed by atoms with E-state index in [0.717, 1.165) is 6.07 Å². The molecule has 0 saturated carbocycles. The van der Waals surface area contributed by atoms with Crippen LogP contribution < -0.4 is 9.46 Å². The van der Waals surface area contributed by atoms with Gasteiger partial charge in [-0.2, -0.15) is 13.2 Å². The summed E-state index contributed by atoms with van der Waals surface area (Å²) in [4.78, 5) is 11.2. The van der Waals surface area contributed by atoms with Crippen molar-refractivity contribution in [2.45, 2.75) is 11.1 Å². The minimum absolute atomic E-state index is 0.168. The van der Waals surface area contributed by atoms with Gasteiger partial charge in [-0.3, -0.25) is 4.72 Å². The van der Waals surface area contributed by atoms with E-state index in [1.165, 1.54) is 48.5 Å². The van der Waals surface area contributed by atoms with Crippen molar-refractivity contribution in [3.05, 3.63) is 82.3 Å². The molecule has 3 aromatic rings. The second kappa shape index (κ2) is 8.60. The molecule has 0 spiro atoms. The SMILES string of the molecule is O=C(O)c1ccccc1Oc1ccc(C(F)(F)F)cc1NS(=O)(=O)c1ccc(Br)cc1. The van der Waals surface area contributed by atoms with E-state index in [2.05, 4.69) is 20.7 Å². The topological polar surface area (TPSA) is 92.7 Å². The molecule has 6 nitrogen and oxygen atoms in total. The molecule has 3 aromatic carbocycles. The number of alkyl halides is 3. The first-order valence-electron chi connectivity index (χ1n) is 8.47. The lowest BCUT2D eigenvalue weighted by Crippen LogP contribution is -2.15. The quantitative estimate of drug-likeness (QED) is 0.435. The monoisotopic (exact) mass is 515 g/mol. The van der Waals surface area contributed by atoms with Crippen LogP contribution in [0.4, 0.5) is 18.9 Å². The van der Waals surface area contributed by atoms with Crippen LogP contribution in [0.1, 0.15) is 15.9 Å². The highest BCUT2D eigenvalue weighted by Gasteiger charge is 2.32.